The van der Waals surface area contributed by atoms with Gasteiger partial charge in [-0.25, -0.2) is 13.6 Å². The maximum Gasteiger partial charge on any atom is 0.339 e. The highest BCUT2D eigenvalue weighted by Crippen LogP contribution is 2.36. The van der Waals surface area contributed by atoms with Gasteiger partial charge in [-0.1, -0.05) is 30.0 Å². The van der Waals surface area contributed by atoms with Crippen molar-refractivity contribution in [2.24, 2.45) is 0 Å². The molecule has 196 valence electrons. The van der Waals surface area contributed by atoms with Crippen LogP contribution in [0, 0.1) is 11.6 Å². The number of thioether (sulfide) groups is 1. The third-order valence-corrected chi connectivity index (χ3v) is 7.69. The van der Waals surface area contributed by atoms with Crippen molar-refractivity contribution < 1.29 is 38.5 Å². The number of thiocarbonyl (C=S) groups is 1. The minimum Gasteiger partial charge on any atom is -0.507 e. The van der Waals surface area contributed by atoms with E-state index in [4.69, 9.17) is 17.3 Å². The lowest BCUT2D eigenvalue weighted by atomic mass is 10.1. The van der Waals surface area contributed by atoms with Gasteiger partial charge in [0.1, 0.15) is 15.6 Å². The maximum absolute atomic E-state index is 13.6. The minimum atomic E-state index is -1.33. The molecular formula is C25H18F2N2O6S3. The molecule has 1 atom stereocenters. The monoisotopic (exact) mass is 576 g/mol. The van der Waals surface area contributed by atoms with Gasteiger partial charge in [-0.3, -0.25) is 14.5 Å². The van der Waals surface area contributed by atoms with Crippen LogP contribution in [0.4, 0.5) is 14.5 Å². The molecule has 1 aliphatic rings. The zero-order valence-corrected chi connectivity index (χ0v) is 21.6. The van der Waals surface area contributed by atoms with E-state index in [0.717, 1.165) is 40.9 Å². The molecule has 2 amide bonds. The first-order valence-electron chi connectivity index (χ1n) is 10.9. The summed E-state index contributed by atoms with van der Waals surface area (Å²) in [5.41, 5.74) is 0.921. The molecule has 38 heavy (non-hydrogen) atoms. The number of aromatic carboxylic acids is 1. The van der Waals surface area contributed by atoms with Crippen LogP contribution in [0.1, 0.15) is 21.7 Å². The highest BCUT2D eigenvalue weighted by molar-refractivity contribution is 8.26. The molecule has 3 aromatic rings. The Labute approximate surface area is 228 Å². The molecule has 13 heteroatoms. The van der Waals surface area contributed by atoms with Crippen molar-refractivity contribution in [3.63, 3.8) is 0 Å². The second-order valence-electron chi connectivity index (χ2n) is 8.04. The predicted octanol–water partition coefficient (Wildman–Crippen LogP) is 4.69. The molecule has 0 spiro atoms. The van der Waals surface area contributed by atoms with E-state index in [2.05, 4.69) is 5.32 Å². The van der Waals surface area contributed by atoms with Crippen molar-refractivity contribution in [3.8, 4) is 16.9 Å². The Morgan fingerprint density at radius 2 is 1.87 bits per heavy atom. The SMILES string of the molecule is O=C(C[C@H](CO)N1C(=O)/C(=C/c2cc(-c3ccc(F)c(F)c3)cs2)SC1=S)Nc1ccc(C(=O)O)c(O)c1. The Balaban J connectivity index is 1.45. The fraction of sp³-hybridized carbons (Fsp3) is 0.120. The second kappa shape index (κ2) is 11.4. The van der Waals surface area contributed by atoms with E-state index >= 15 is 0 Å². The zero-order chi connectivity index (χ0) is 27.6. The third-order valence-electron chi connectivity index (χ3n) is 5.48. The Bertz CT molecular complexity index is 1490. The first-order chi connectivity index (χ1) is 18.1. The molecule has 0 aliphatic carbocycles. The van der Waals surface area contributed by atoms with Crippen LogP contribution in [0.5, 0.6) is 5.75 Å². The molecule has 0 bridgehead atoms. The number of hydrogen-bond acceptors (Lipinski definition) is 8. The van der Waals surface area contributed by atoms with Gasteiger partial charge in [0.25, 0.3) is 5.91 Å². The number of carbonyl (C=O) groups excluding carboxylic acids is 2. The molecule has 0 radical (unpaired) electrons. The van der Waals surface area contributed by atoms with Crippen LogP contribution in [-0.2, 0) is 9.59 Å². The Morgan fingerprint density at radius 1 is 1.11 bits per heavy atom. The number of benzene rings is 2. The first-order valence-corrected chi connectivity index (χ1v) is 13.0. The molecule has 1 saturated heterocycles. The van der Waals surface area contributed by atoms with Gasteiger partial charge in [-0.05, 0) is 52.9 Å². The molecule has 1 fully saturated rings. The molecule has 4 rings (SSSR count). The van der Waals surface area contributed by atoms with Crippen molar-refractivity contribution in [3.05, 3.63) is 74.8 Å². The zero-order valence-electron chi connectivity index (χ0n) is 19.2. The molecule has 2 heterocycles. The first kappa shape index (κ1) is 27.4. The van der Waals surface area contributed by atoms with Crippen molar-refractivity contribution in [1.82, 2.24) is 4.90 Å². The number of halogens is 2. The largest absolute Gasteiger partial charge is 0.507 e. The quantitative estimate of drug-likeness (QED) is 0.225. The summed E-state index contributed by atoms with van der Waals surface area (Å²) in [6.45, 7) is -0.560. The number of amides is 2. The van der Waals surface area contributed by atoms with Gasteiger partial charge in [0, 0.05) is 16.6 Å². The number of rotatable bonds is 8. The molecule has 4 N–H and O–H groups in total. The lowest BCUT2D eigenvalue weighted by Crippen LogP contribution is -2.43. The van der Waals surface area contributed by atoms with Crippen LogP contribution in [0.2, 0.25) is 0 Å². The van der Waals surface area contributed by atoms with Gasteiger partial charge in [-0.15, -0.1) is 11.3 Å². The highest BCUT2D eigenvalue weighted by atomic mass is 32.2. The number of carbonyl (C=O) groups is 3. The Hall–Kier alpha value is -3.65. The van der Waals surface area contributed by atoms with Crippen molar-refractivity contribution in [2.75, 3.05) is 11.9 Å². The van der Waals surface area contributed by atoms with Crippen molar-refractivity contribution >= 4 is 69.2 Å². The van der Waals surface area contributed by atoms with E-state index < -0.39 is 47.8 Å². The fourth-order valence-corrected chi connectivity index (χ4v) is 5.95. The van der Waals surface area contributed by atoms with Crippen LogP contribution in [0.25, 0.3) is 17.2 Å². The van der Waals surface area contributed by atoms with Gasteiger partial charge in [0.05, 0.1) is 24.0 Å². The Kier molecular flexibility index (Phi) is 8.21. The smallest absolute Gasteiger partial charge is 0.339 e. The number of anilines is 1. The lowest BCUT2D eigenvalue weighted by Gasteiger charge is -2.24. The number of nitrogens with one attached hydrogen (secondary N) is 1. The third kappa shape index (κ3) is 5.91. The molecular weight excluding hydrogens is 558 g/mol. The van der Waals surface area contributed by atoms with E-state index in [-0.39, 0.29) is 26.9 Å². The summed E-state index contributed by atoms with van der Waals surface area (Å²) in [5, 5.41) is 32.9. The van der Waals surface area contributed by atoms with Crippen molar-refractivity contribution in [2.45, 2.75) is 12.5 Å². The van der Waals surface area contributed by atoms with Crippen LogP contribution < -0.4 is 5.32 Å². The minimum absolute atomic E-state index is 0.133. The summed E-state index contributed by atoms with van der Waals surface area (Å²) in [5.74, 6) is -4.88. The number of aliphatic hydroxyl groups excluding tert-OH is 1. The van der Waals surface area contributed by atoms with Crippen LogP contribution in [-0.4, -0.2) is 55.0 Å². The van der Waals surface area contributed by atoms with E-state index in [1.807, 2.05) is 0 Å². The number of nitrogens with zero attached hydrogens (tertiary/aromatic N) is 1. The summed E-state index contributed by atoms with van der Waals surface area (Å²) >= 11 is 7.61. The average Bonchev–Trinajstić information content (AvgIpc) is 3.43. The number of carboxylic acid groups (broad SMARTS) is 1. The van der Waals surface area contributed by atoms with Crippen molar-refractivity contribution in [1.29, 1.82) is 0 Å². The normalized spacial score (nSPS) is 15.2. The predicted molar refractivity (Wildman–Crippen MR) is 144 cm³/mol. The molecule has 2 aromatic carbocycles. The summed E-state index contributed by atoms with van der Waals surface area (Å²) < 4.78 is 27.0. The number of aromatic hydroxyl groups is 1. The van der Waals surface area contributed by atoms with Gasteiger partial charge < -0.3 is 20.6 Å². The topological polar surface area (TPSA) is 127 Å². The summed E-state index contributed by atoms with van der Waals surface area (Å²) in [4.78, 5) is 38.8. The maximum atomic E-state index is 13.6. The van der Waals surface area contributed by atoms with Crippen LogP contribution >= 0.6 is 35.3 Å². The summed E-state index contributed by atoms with van der Waals surface area (Å²) in [7, 11) is 0. The number of phenols is 1. The molecule has 0 unspecified atom stereocenters. The molecule has 1 aromatic heterocycles. The van der Waals surface area contributed by atoms with E-state index in [1.165, 1.54) is 23.5 Å². The summed E-state index contributed by atoms with van der Waals surface area (Å²) in [6.07, 6.45) is 1.27. The molecule has 0 saturated carbocycles. The highest BCUT2D eigenvalue weighted by Gasteiger charge is 2.38. The van der Waals surface area contributed by atoms with Gasteiger partial charge >= 0.3 is 5.97 Å². The number of hydrogen-bond donors (Lipinski definition) is 4. The average molecular weight is 577 g/mol. The van der Waals surface area contributed by atoms with Gasteiger partial charge in [0.2, 0.25) is 5.91 Å². The van der Waals surface area contributed by atoms with Crippen LogP contribution in [0.15, 0.2) is 52.7 Å². The van der Waals surface area contributed by atoms with E-state index in [9.17, 15) is 33.4 Å². The molecule has 1 aliphatic heterocycles. The Morgan fingerprint density at radius 3 is 2.53 bits per heavy atom. The number of aliphatic hydroxyl groups is 1. The summed E-state index contributed by atoms with van der Waals surface area (Å²) in [6, 6.07) is 7.81. The lowest BCUT2D eigenvalue weighted by molar-refractivity contribution is -0.125. The fourth-order valence-electron chi connectivity index (χ4n) is 3.63. The number of thiophene rings is 1. The number of carboxylic acids is 1. The second-order valence-corrected chi connectivity index (χ2v) is 10.7. The van der Waals surface area contributed by atoms with Gasteiger partial charge in [-0.2, -0.15) is 0 Å². The van der Waals surface area contributed by atoms with E-state index in [1.54, 1.807) is 17.5 Å². The standard InChI is InChI=1S/C25H18F2N2O6S3/c26-18-4-1-12(6-19(18)27)13-5-16(37-11-13)9-21-23(33)29(25(36)38-21)15(10-30)8-22(32)28-14-2-3-17(24(34)35)20(31)7-14/h1-7,9,11,15,30-31H,8,10H2,(H,28,32)(H,34,35)/b21-9-/t15-/m1/s1. The van der Waals surface area contributed by atoms with Gasteiger partial charge in [0.15, 0.2) is 11.6 Å². The molecule has 8 nitrogen and oxygen atoms in total. The van der Waals surface area contributed by atoms with Crippen LogP contribution in [0.3, 0.4) is 0 Å². The van der Waals surface area contributed by atoms with E-state index in [0.29, 0.717) is 16.0 Å².